The first-order valence-corrected chi connectivity index (χ1v) is 11.5. The zero-order chi connectivity index (χ0) is 23.2. The molecule has 1 aliphatic heterocycles. The third-order valence-electron chi connectivity index (χ3n) is 5.43. The van der Waals surface area contributed by atoms with E-state index >= 15 is 0 Å². The molecule has 1 fully saturated rings. The standard InChI is InChI=1S/C24H26BrN5O3/c1-16(23(26)31)19-13-20-21(14-22(19)33-9-3-6-30-7-10-32-11-8-30)27-15-28-24(20)29-18-5-2-4-17(25)12-18/h2,4-5,12-15H,1,3,6-11H2,(H2,26,31)(H,27,28,29). The van der Waals surface area contributed by atoms with Gasteiger partial charge in [-0.05, 0) is 30.7 Å². The average molecular weight is 512 g/mol. The molecule has 33 heavy (non-hydrogen) atoms. The number of ether oxygens (including phenoxy) is 2. The van der Waals surface area contributed by atoms with Crippen molar-refractivity contribution in [3.05, 3.63) is 59.3 Å². The number of benzene rings is 2. The molecule has 0 atom stereocenters. The average Bonchev–Trinajstić information content (AvgIpc) is 2.82. The SMILES string of the molecule is C=C(C(N)=O)c1cc2c(Nc3cccc(Br)c3)ncnc2cc1OCCCN1CCOCC1. The van der Waals surface area contributed by atoms with E-state index in [0.717, 1.165) is 54.8 Å². The van der Waals surface area contributed by atoms with Crippen LogP contribution in [-0.2, 0) is 9.53 Å². The minimum absolute atomic E-state index is 0.178. The van der Waals surface area contributed by atoms with Gasteiger partial charge in [-0.2, -0.15) is 0 Å². The summed E-state index contributed by atoms with van der Waals surface area (Å²) < 4.78 is 12.4. The molecule has 2 heterocycles. The molecule has 1 amide bonds. The maximum atomic E-state index is 11.9. The number of morpholine rings is 1. The topological polar surface area (TPSA) is 103 Å². The lowest BCUT2D eigenvalue weighted by atomic mass is 10.0. The predicted molar refractivity (Wildman–Crippen MR) is 133 cm³/mol. The molecule has 8 nitrogen and oxygen atoms in total. The van der Waals surface area contributed by atoms with E-state index in [4.69, 9.17) is 15.2 Å². The van der Waals surface area contributed by atoms with Crippen LogP contribution in [0.25, 0.3) is 16.5 Å². The number of carbonyl (C=O) groups excluding carboxylic acids is 1. The van der Waals surface area contributed by atoms with Crippen LogP contribution in [0.3, 0.4) is 0 Å². The molecule has 9 heteroatoms. The summed E-state index contributed by atoms with van der Waals surface area (Å²) in [5.74, 6) is 0.529. The van der Waals surface area contributed by atoms with E-state index in [1.165, 1.54) is 6.33 Å². The van der Waals surface area contributed by atoms with E-state index < -0.39 is 5.91 Å². The molecule has 0 bridgehead atoms. The van der Waals surface area contributed by atoms with Gasteiger partial charge in [0.1, 0.15) is 17.9 Å². The lowest BCUT2D eigenvalue weighted by Gasteiger charge is -2.26. The zero-order valence-electron chi connectivity index (χ0n) is 18.2. The van der Waals surface area contributed by atoms with E-state index in [9.17, 15) is 4.79 Å². The number of fused-ring (bicyclic) bond motifs is 1. The number of hydrogen-bond acceptors (Lipinski definition) is 7. The summed E-state index contributed by atoms with van der Waals surface area (Å²) >= 11 is 3.48. The highest BCUT2D eigenvalue weighted by molar-refractivity contribution is 9.10. The summed E-state index contributed by atoms with van der Waals surface area (Å²) in [5, 5.41) is 4.04. The Balaban J connectivity index is 1.58. The number of carbonyl (C=O) groups is 1. The Morgan fingerprint density at radius 2 is 2.06 bits per heavy atom. The quantitative estimate of drug-likeness (QED) is 0.333. The Kier molecular flexibility index (Phi) is 7.54. The second kappa shape index (κ2) is 10.7. The van der Waals surface area contributed by atoms with Gasteiger partial charge in [0, 0.05) is 52.4 Å². The van der Waals surface area contributed by atoms with Gasteiger partial charge >= 0.3 is 0 Å². The van der Waals surface area contributed by atoms with Crippen LogP contribution < -0.4 is 15.8 Å². The Bertz CT molecular complexity index is 1160. The lowest BCUT2D eigenvalue weighted by molar-refractivity contribution is -0.112. The first-order chi connectivity index (χ1) is 16.0. The van der Waals surface area contributed by atoms with Gasteiger partial charge in [0.15, 0.2) is 0 Å². The van der Waals surface area contributed by atoms with Crippen molar-refractivity contribution in [1.29, 1.82) is 0 Å². The number of aromatic nitrogens is 2. The molecule has 0 unspecified atom stereocenters. The van der Waals surface area contributed by atoms with Crippen molar-refractivity contribution in [2.45, 2.75) is 6.42 Å². The van der Waals surface area contributed by atoms with Crippen LogP contribution in [0.2, 0.25) is 0 Å². The Morgan fingerprint density at radius 3 is 2.82 bits per heavy atom. The minimum Gasteiger partial charge on any atom is -0.493 e. The van der Waals surface area contributed by atoms with Crippen LogP contribution in [0.4, 0.5) is 11.5 Å². The van der Waals surface area contributed by atoms with E-state index in [0.29, 0.717) is 29.3 Å². The van der Waals surface area contributed by atoms with Crippen LogP contribution in [-0.4, -0.2) is 60.2 Å². The number of primary amides is 1. The molecule has 172 valence electrons. The van der Waals surface area contributed by atoms with Crippen molar-refractivity contribution >= 4 is 49.8 Å². The molecule has 0 radical (unpaired) electrons. The second-order valence-corrected chi connectivity index (χ2v) is 8.64. The number of rotatable bonds is 9. The first-order valence-electron chi connectivity index (χ1n) is 10.7. The molecule has 3 N–H and O–H groups in total. The van der Waals surface area contributed by atoms with Crippen molar-refractivity contribution < 1.29 is 14.3 Å². The molecule has 0 saturated carbocycles. The molecule has 3 aromatic rings. The highest BCUT2D eigenvalue weighted by Crippen LogP contribution is 2.33. The monoisotopic (exact) mass is 511 g/mol. The molecule has 4 rings (SSSR count). The van der Waals surface area contributed by atoms with Crippen LogP contribution in [0.15, 0.2) is 53.8 Å². The van der Waals surface area contributed by atoms with Crippen molar-refractivity contribution in [3.63, 3.8) is 0 Å². The third-order valence-corrected chi connectivity index (χ3v) is 5.92. The number of nitrogens with zero attached hydrogens (tertiary/aromatic N) is 3. The van der Waals surface area contributed by atoms with Crippen molar-refractivity contribution in [3.8, 4) is 5.75 Å². The maximum absolute atomic E-state index is 11.9. The summed E-state index contributed by atoms with van der Waals surface area (Å²) in [6.07, 6.45) is 2.34. The highest BCUT2D eigenvalue weighted by atomic mass is 79.9. The molecule has 0 spiro atoms. The summed E-state index contributed by atoms with van der Waals surface area (Å²) in [6, 6.07) is 11.4. The van der Waals surface area contributed by atoms with Crippen molar-refractivity contribution in [2.24, 2.45) is 5.73 Å². The number of anilines is 2. The minimum atomic E-state index is -0.606. The Hall–Kier alpha value is -3.01. The molecule has 1 aromatic heterocycles. The van der Waals surface area contributed by atoms with E-state index in [2.05, 4.69) is 42.7 Å². The van der Waals surface area contributed by atoms with Gasteiger partial charge in [-0.25, -0.2) is 9.97 Å². The van der Waals surface area contributed by atoms with Gasteiger partial charge in [-0.1, -0.05) is 28.6 Å². The summed E-state index contributed by atoms with van der Waals surface area (Å²) in [7, 11) is 0. The fraction of sp³-hybridized carbons (Fsp3) is 0.292. The van der Waals surface area contributed by atoms with E-state index in [-0.39, 0.29) is 5.57 Å². The van der Waals surface area contributed by atoms with Crippen LogP contribution >= 0.6 is 15.9 Å². The molecule has 0 aliphatic carbocycles. The number of amides is 1. The smallest absolute Gasteiger partial charge is 0.248 e. The van der Waals surface area contributed by atoms with Crippen molar-refractivity contribution in [1.82, 2.24) is 14.9 Å². The fourth-order valence-corrected chi connectivity index (χ4v) is 4.07. The van der Waals surface area contributed by atoms with Gasteiger partial charge in [0.2, 0.25) is 5.91 Å². The second-order valence-electron chi connectivity index (χ2n) is 7.72. The van der Waals surface area contributed by atoms with Gasteiger partial charge < -0.3 is 20.5 Å². The van der Waals surface area contributed by atoms with Crippen LogP contribution in [0, 0.1) is 0 Å². The molecule has 1 aliphatic rings. The van der Waals surface area contributed by atoms with Gasteiger partial charge in [-0.3, -0.25) is 9.69 Å². The fourth-order valence-electron chi connectivity index (χ4n) is 3.67. The molecule has 1 saturated heterocycles. The summed E-state index contributed by atoms with van der Waals surface area (Å²) in [6.45, 7) is 8.70. The van der Waals surface area contributed by atoms with Gasteiger partial charge in [0.05, 0.1) is 25.3 Å². The molecular weight excluding hydrogens is 486 g/mol. The van der Waals surface area contributed by atoms with Crippen LogP contribution in [0.5, 0.6) is 5.75 Å². The number of halogens is 1. The van der Waals surface area contributed by atoms with E-state index in [1.807, 2.05) is 24.3 Å². The van der Waals surface area contributed by atoms with E-state index in [1.54, 1.807) is 12.1 Å². The van der Waals surface area contributed by atoms with Crippen LogP contribution in [0.1, 0.15) is 12.0 Å². The Morgan fingerprint density at radius 1 is 1.24 bits per heavy atom. The van der Waals surface area contributed by atoms with Gasteiger partial charge in [0.25, 0.3) is 0 Å². The maximum Gasteiger partial charge on any atom is 0.248 e. The highest BCUT2D eigenvalue weighted by Gasteiger charge is 2.17. The Labute approximate surface area is 200 Å². The van der Waals surface area contributed by atoms with Gasteiger partial charge in [-0.15, -0.1) is 0 Å². The molecular formula is C24H26BrN5O3. The third kappa shape index (κ3) is 5.87. The number of nitrogens with two attached hydrogens (primary N) is 1. The normalized spacial score (nSPS) is 14.2. The predicted octanol–water partition coefficient (Wildman–Crippen LogP) is 3.74. The molecule has 2 aromatic carbocycles. The number of nitrogens with one attached hydrogen (secondary N) is 1. The first kappa shape index (κ1) is 23.2. The summed E-state index contributed by atoms with van der Waals surface area (Å²) in [4.78, 5) is 23.1. The lowest BCUT2D eigenvalue weighted by Crippen LogP contribution is -2.37. The number of hydrogen-bond donors (Lipinski definition) is 2. The largest absolute Gasteiger partial charge is 0.493 e. The summed E-state index contributed by atoms with van der Waals surface area (Å²) in [5.41, 5.74) is 7.81. The zero-order valence-corrected chi connectivity index (χ0v) is 19.8. The van der Waals surface area contributed by atoms with Crippen molar-refractivity contribution in [2.75, 3.05) is 44.8 Å².